The molecule has 40 heavy (non-hydrogen) atoms. The standard InChI is InChI=1S/C22H43N5O13/c23-2-1-8(29)20(36)27-7-3-6(25)18(39-22-16(34)15(33)13(31)9(4-24)37-22)17(35)19(7)40-21-14(32)11(26)12(30)10(5-28)38-21/h6-19,21-22,28-35H,1-5,23-26H2,(H,27,36)/t6-,7?,8?,9+,10+,11-,12+,13-,14+,15-,16+,17-,18+,19-,21+,22+/m0/s1. The molecule has 2 saturated heterocycles. The Morgan fingerprint density at radius 2 is 1.45 bits per heavy atom. The topological polar surface area (TPSA) is 332 Å². The van der Waals surface area contributed by atoms with Crippen LogP contribution in [-0.2, 0) is 23.7 Å². The fraction of sp³-hybridized carbons (Fsp3) is 0.955. The zero-order valence-electron chi connectivity index (χ0n) is 21.7. The van der Waals surface area contributed by atoms with Crippen LogP contribution in [0, 0.1) is 0 Å². The maximum atomic E-state index is 12.6. The van der Waals surface area contributed by atoms with E-state index >= 15 is 0 Å². The summed E-state index contributed by atoms with van der Waals surface area (Å²) < 4.78 is 22.5. The van der Waals surface area contributed by atoms with Crippen LogP contribution in [-0.4, -0.2) is 164 Å². The van der Waals surface area contributed by atoms with E-state index < -0.39 is 110 Å². The van der Waals surface area contributed by atoms with Gasteiger partial charge in [-0.05, 0) is 19.4 Å². The second kappa shape index (κ2) is 14.3. The second-order valence-corrected chi connectivity index (χ2v) is 10.3. The highest BCUT2D eigenvalue weighted by molar-refractivity contribution is 5.80. The molecule has 2 aliphatic heterocycles. The first-order valence-electron chi connectivity index (χ1n) is 13.1. The van der Waals surface area contributed by atoms with E-state index in [4.69, 9.17) is 41.9 Å². The average Bonchev–Trinajstić information content (AvgIpc) is 2.92. The van der Waals surface area contributed by atoms with E-state index in [0.29, 0.717) is 0 Å². The van der Waals surface area contributed by atoms with Gasteiger partial charge < -0.3 is 88.1 Å². The summed E-state index contributed by atoms with van der Waals surface area (Å²) in [4.78, 5) is 12.6. The average molecular weight is 586 g/mol. The van der Waals surface area contributed by atoms with Crippen molar-refractivity contribution in [1.82, 2.24) is 5.32 Å². The van der Waals surface area contributed by atoms with Crippen LogP contribution in [0.4, 0.5) is 0 Å². The van der Waals surface area contributed by atoms with Gasteiger partial charge in [-0.3, -0.25) is 4.79 Å². The zero-order chi connectivity index (χ0) is 29.9. The van der Waals surface area contributed by atoms with E-state index in [1.54, 1.807) is 0 Å². The van der Waals surface area contributed by atoms with E-state index in [-0.39, 0.29) is 25.9 Å². The summed E-state index contributed by atoms with van der Waals surface area (Å²) in [6.07, 6.45) is -19.8. The molecule has 1 amide bonds. The summed E-state index contributed by atoms with van der Waals surface area (Å²) >= 11 is 0. The molecule has 2 unspecified atom stereocenters. The van der Waals surface area contributed by atoms with Crippen molar-refractivity contribution in [3.8, 4) is 0 Å². The lowest BCUT2D eigenvalue weighted by atomic mass is 9.83. The van der Waals surface area contributed by atoms with Gasteiger partial charge in [-0.1, -0.05) is 0 Å². The van der Waals surface area contributed by atoms with Gasteiger partial charge in [-0.2, -0.15) is 0 Å². The molecule has 3 fully saturated rings. The largest absolute Gasteiger partial charge is 0.394 e. The number of aliphatic hydroxyl groups is 8. The molecule has 1 saturated carbocycles. The van der Waals surface area contributed by atoms with E-state index in [1.807, 2.05) is 0 Å². The first-order valence-corrected chi connectivity index (χ1v) is 13.1. The van der Waals surface area contributed by atoms with Gasteiger partial charge in [0.1, 0.15) is 67.1 Å². The smallest absolute Gasteiger partial charge is 0.249 e. The Hall–Kier alpha value is -1.17. The number of aliphatic hydroxyl groups excluding tert-OH is 8. The van der Waals surface area contributed by atoms with Gasteiger partial charge in [0.2, 0.25) is 5.91 Å². The summed E-state index contributed by atoms with van der Waals surface area (Å²) in [6, 6.07) is -3.45. The Labute approximate surface area is 229 Å². The number of nitrogens with one attached hydrogen (secondary N) is 1. The number of amides is 1. The van der Waals surface area contributed by atoms with Crippen molar-refractivity contribution in [2.45, 2.75) is 111 Å². The van der Waals surface area contributed by atoms with Crippen molar-refractivity contribution in [3.63, 3.8) is 0 Å². The number of ether oxygens (including phenoxy) is 4. The number of carbonyl (C=O) groups is 1. The lowest BCUT2D eigenvalue weighted by Crippen LogP contribution is -2.69. The summed E-state index contributed by atoms with van der Waals surface area (Å²) in [6.45, 7) is -0.898. The van der Waals surface area contributed by atoms with E-state index in [9.17, 15) is 45.6 Å². The van der Waals surface area contributed by atoms with Crippen LogP contribution in [0.5, 0.6) is 0 Å². The summed E-state index contributed by atoms with van der Waals surface area (Å²) in [5.74, 6) is -0.845. The highest BCUT2D eigenvalue weighted by atomic mass is 16.7. The number of carbonyl (C=O) groups excluding carboxylic acids is 1. The predicted octanol–water partition coefficient (Wildman–Crippen LogP) is -8.42. The minimum absolute atomic E-state index is 0.0101. The van der Waals surface area contributed by atoms with Crippen molar-refractivity contribution in [2.24, 2.45) is 22.9 Å². The molecular weight excluding hydrogens is 542 g/mol. The van der Waals surface area contributed by atoms with Crippen molar-refractivity contribution in [1.29, 1.82) is 0 Å². The summed E-state index contributed by atoms with van der Waals surface area (Å²) in [7, 11) is 0. The van der Waals surface area contributed by atoms with Crippen LogP contribution >= 0.6 is 0 Å². The summed E-state index contributed by atoms with van der Waals surface area (Å²) in [5, 5.41) is 84.9. The Morgan fingerprint density at radius 3 is 2.05 bits per heavy atom. The molecule has 17 N–H and O–H groups in total. The van der Waals surface area contributed by atoms with Crippen LogP contribution < -0.4 is 28.3 Å². The molecule has 0 spiro atoms. The lowest BCUT2D eigenvalue weighted by molar-refractivity contribution is -0.332. The minimum atomic E-state index is -1.76. The van der Waals surface area contributed by atoms with Gasteiger partial charge in [0.25, 0.3) is 0 Å². The second-order valence-electron chi connectivity index (χ2n) is 10.3. The molecule has 234 valence electrons. The van der Waals surface area contributed by atoms with Crippen molar-refractivity contribution < 1.29 is 64.6 Å². The van der Waals surface area contributed by atoms with E-state index in [2.05, 4.69) is 5.32 Å². The van der Waals surface area contributed by atoms with Gasteiger partial charge in [-0.25, -0.2) is 0 Å². The highest BCUT2D eigenvalue weighted by Crippen LogP contribution is 2.32. The van der Waals surface area contributed by atoms with E-state index in [1.165, 1.54) is 0 Å². The first kappa shape index (κ1) is 33.3. The van der Waals surface area contributed by atoms with Crippen LogP contribution in [0.2, 0.25) is 0 Å². The van der Waals surface area contributed by atoms with Gasteiger partial charge >= 0.3 is 0 Å². The fourth-order valence-electron chi connectivity index (χ4n) is 5.07. The van der Waals surface area contributed by atoms with Gasteiger partial charge in [0, 0.05) is 12.6 Å². The van der Waals surface area contributed by atoms with Gasteiger partial charge in [0.05, 0.1) is 18.7 Å². The number of hydrogen-bond acceptors (Lipinski definition) is 17. The van der Waals surface area contributed by atoms with Crippen LogP contribution in [0.25, 0.3) is 0 Å². The van der Waals surface area contributed by atoms with Crippen LogP contribution in [0.3, 0.4) is 0 Å². The molecule has 1 aliphatic carbocycles. The predicted molar refractivity (Wildman–Crippen MR) is 131 cm³/mol. The number of rotatable bonds is 10. The SMILES string of the molecule is NCCC(O)C(=O)NC1C[C@H](N)[C@@H](O[C@H]2O[C@H](CN)[C@H](O)[C@H](O)[C@H]2O)[C@H](O)[C@H]1O[C@H]1O[C@H](CO)[C@@H](O)[C@H](N)[C@H]1O. The third-order valence-corrected chi connectivity index (χ3v) is 7.51. The minimum Gasteiger partial charge on any atom is -0.394 e. The molecule has 2 heterocycles. The molecule has 0 aromatic rings. The fourth-order valence-corrected chi connectivity index (χ4v) is 5.07. The molecule has 0 aromatic heterocycles. The Bertz CT molecular complexity index is 815. The number of nitrogens with two attached hydrogens (primary N) is 4. The van der Waals surface area contributed by atoms with Crippen molar-refractivity contribution in [2.75, 3.05) is 19.7 Å². The van der Waals surface area contributed by atoms with Crippen molar-refractivity contribution in [3.05, 3.63) is 0 Å². The summed E-state index contributed by atoms with van der Waals surface area (Å²) in [5.41, 5.74) is 23.1. The lowest BCUT2D eigenvalue weighted by Gasteiger charge is -2.49. The normalized spacial score (nSPS) is 47.0. The quantitative estimate of drug-likeness (QED) is 0.113. The molecule has 0 bridgehead atoms. The molecule has 18 heteroatoms. The van der Waals surface area contributed by atoms with Crippen molar-refractivity contribution >= 4 is 5.91 Å². The van der Waals surface area contributed by atoms with Gasteiger partial charge in [0.15, 0.2) is 12.6 Å². The molecule has 0 aromatic carbocycles. The molecular formula is C22H43N5O13. The maximum absolute atomic E-state index is 12.6. The molecule has 16 atom stereocenters. The first-order chi connectivity index (χ1) is 18.9. The maximum Gasteiger partial charge on any atom is 0.249 e. The van der Waals surface area contributed by atoms with Crippen LogP contribution in [0.1, 0.15) is 12.8 Å². The third-order valence-electron chi connectivity index (χ3n) is 7.51. The monoisotopic (exact) mass is 585 g/mol. The molecule has 0 radical (unpaired) electrons. The number of hydrogen-bond donors (Lipinski definition) is 13. The Kier molecular flexibility index (Phi) is 11.9. The zero-order valence-corrected chi connectivity index (χ0v) is 21.7. The molecule has 3 rings (SSSR count). The van der Waals surface area contributed by atoms with E-state index in [0.717, 1.165) is 0 Å². The highest BCUT2D eigenvalue weighted by Gasteiger charge is 2.52. The van der Waals surface area contributed by atoms with Gasteiger partial charge in [-0.15, -0.1) is 0 Å². The molecule has 18 nitrogen and oxygen atoms in total. The Balaban J connectivity index is 1.85. The Morgan fingerprint density at radius 1 is 0.850 bits per heavy atom. The van der Waals surface area contributed by atoms with Crippen LogP contribution in [0.15, 0.2) is 0 Å². The third kappa shape index (κ3) is 7.06. The molecule has 3 aliphatic rings.